The summed E-state index contributed by atoms with van der Waals surface area (Å²) in [6, 6.07) is 4.80. The van der Waals surface area contributed by atoms with Gasteiger partial charge in [-0.3, -0.25) is 4.79 Å². The number of rotatable bonds is 5. The number of nitrogens with zero attached hydrogens (tertiary/aromatic N) is 1. The Morgan fingerprint density at radius 2 is 2.08 bits per heavy atom. The summed E-state index contributed by atoms with van der Waals surface area (Å²) < 4.78 is 28.3. The molecule has 2 aliphatic rings. The van der Waals surface area contributed by atoms with E-state index in [9.17, 15) is 13.2 Å². The van der Waals surface area contributed by atoms with Gasteiger partial charge < -0.3 is 10.6 Å². The molecule has 1 aliphatic heterocycles. The summed E-state index contributed by atoms with van der Waals surface area (Å²) in [6.45, 7) is 2.41. The maximum absolute atomic E-state index is 12.8. The molecule has 24 heavy (non-hydrogen) atoms. The Kier molecular flexibility index (Phi) is 4.94. The van der Waals surface area contributed by atoms with Gasteiger partial charge in [-0.05, 0) is 42.9 Å². The number of benzene rings is 1. The fourth-order valence-electron chi connectivity index (χ4n) is 3.82. The lowest BCUT2D eigenvalue weighted by Crippen LogP contribution is -2.44. The van der Waals surface area contributed by atoms with Crippen molar-refractivity contribution in [1.29, 1.82) is 0 Å². The molecule has 1 heterocycles. The van der Waals surface area contributed by atoms with Crippen LogP contribution < -0.4 is 15.4 Å². The summed E-state index contributed by atoms with van der Waals surface area (Å²) >= 11 is 0. The lowest BCUT2D eigenvalue weighted by atomic mass is 9.99. The third-order valence-corrected chi connectivity index (χ3v) is 6.66. The Hall–Kier alpha value is -1.44. The van der Waals surface area contributed by atoms with Crippen molar-refractivity contribution in [3.8, 4) is 0 Å². The van der Waals surface area contributed by atoms with Gasteiger partial charge in [0.25, 0.3) is 0 Å². The predicted octanol–water partition coefficient (Wildman–Crippen LogP) is 1.39. The minimum atomic E-state index is -3.65. The van der Waals surface area contributed by atoms with E-state index in [0.29, 0.717) is 24.7 Å². The molecule has 0 saturated heterocycles. The second-order valence-corrected chi connectivity index (χ2v) is 8.43. The van der Waals surface area contributed by atoms with E-state index in [1.807, 2.05) is 0 Å². The molecule has 3 N–H and O–H groups in total. The van der Waals surface area contributed by atoms with Gasteiger partial charge in [-0.2, -0.15) is 0 Å². The van der Waals surface area contributed by atoms with Gasteiger partial charge in [0, 0.05) is 31.7 Å². The molecular weight excluding hydrogens is 326 g/mol. The quantitative estimate of drug-likeness (QED) is 0.838. The lowest BCUT2D eigenvalue weighted by molar-refractivity contribution is -0.116. The number of carbonyl (C=O) groups excluding carboxylic acids is 1. The molecule has 1 amide bonds. The molecule has 7 heteroatoms. The SMILES string of the molecule is CC(=O)N1CCc2ccc(S(=O)(=O)NC(CN)C3CCCC3)cc21. The van der Waals surface area contributed by atoms with E-state index in [1.165, 1.54) is 6.92 Å². The molecule has 1 saturated carbocycles. The standard InChI is InChI=1S/C17H25N3O3S/c1-12(21)20-9-8-14-6-7-15(10-17(14)20)24(22,23)19-16(11-18)13-4-2-3-5-13/h6-7,10,13,16,19H,2-5,8-9,11,18H2,1H3. The van der Waals surface area contributed by atoms with E-state index in [1.54, 1.807) is 23.1 Å². The largest absolute Gasteiger partial charge is 0.329 e. The number of fused-ring (bicyclic) bond motifs is 1. The third-order valence-electron chi connectivity index (χ3n) is 5.17. The summed E-state index contributed by atoms with van der Waals surface area (Å²) in [5.74, 6) is 0.245. The van der Waals surface area contributed by atoms with Crippen molar-refractivity contribution in [2.45, 2.75) is 50.0 Å². The average Bonchev–Trinajstić information content (AvgIpc) is 3.21. The summed E-state index contributed by atoms with van der Waals surface area (Å²) in [5.41, 5.74) is 7.52. The Balaban J connectivity index is 1.84. The number of sulfonamides is 1. The number of carbonyl (C=O) groups is 1. The molecule has 1 atom stereocenters. The first-order valence-corrected chi connectivity index (χ1v) is 10.0. The first-order chi connectivity index (χ1) is 11.4. The number of nitrogens with two attached hydrogens (primary N) is 1. The Morgan fingerprint density at radius 1 is 1.38 bits per heavy atom. The number of hydrogen-bond acceptors (Lipinski definition) is 4. The molecule has 0 spiro atoms. The molecule has 1 aliphatic carbocycles. The zero-order valence-corrected chi connectivity index (χ0v) is 14.8. The minimum absolute atomic E-state index is 0.0675. The Morgan fingerprint density at radius 3 is 2.71 bits per heavy atom. The van der Waals surface area contributed by atoms with Crippen LogP contribution in [0.2, 0.25) is 0 Å². The van der Waals surface area contributed by atoms with Crippen molar-refractivity contribution < 1.29 is 13.2 Å². The van der Waals surface area contributed by atoms with Gasteiger partial charge in [-0.25, -0.2) is 13.1 Å². The number of nitrogens with one attached hydrogen (secondary N) is 1. The highest BCUT2D eigenvalue weighted by Gasteiger charge is 2.30. The van der Waals surface area contributed by atoms with E-state index in [-0.39, 0.29) is 16.8 Å². The van der Waals surface area contributed by atoms with Gasteiger partial charge in [0.2, 0.25) is 15.9 Å². The maximum atomic E-state index is 12.8. The number of anilines is 1. The van der Waals surface area contributed by atoms with Crippen LogP contribution in [0.5, 0.6) is 0 Å². The van der Waals surface area contributed by atoms with Crippen molar-refractivity contribution in [1.82, 2.24) is 4.72 Å². The zero-order valence-electron chi connectivity index (χ0n) is 14.0. The van der Waals surface area contributed by atoms with Gasteiger partial charge >= 0.3 is 0 Å². The number of amides is 1. The van der Waals surface area contributed by atoms with Crippen LogP contribution in [-0.4, -0.2) is 33.5 Å². The van der Waals surface area contributed by atoms with Crippen LogP contribution in [0.4, 0.5) is 5.69 Å². The third kappa shape index (κ3) is 3.34. The monoisotopic (exact) mass is 351 g/mol. The van der Waals surface area contributed by atoms with Crippen LogP contribution in [-0.2, 0) is 21.2 Å². The van der Waals surface area contributed by atoms with Crippen LogP contribution in [0, 0.1) is 5.92 Å². The molecule has 0 bridgehead atoms. The summed E-state index contributed by atoms with van der Waals surface area (Å²) in [7, 11) is -3.65. The van der Waals surface area contributed by atoms with Gasteiger partial charge in [0.15, 0.2) is 0 Å². The van der Waals surface area contributed by atoms with E-state index in [2.05, 4.69) is 4.72 Å². The fourth-order valence-corrected chi connectivity index (χ4v) is 5.15. The van der Waals surface area contributed by atoms with Gasteiger partial charge in [0.1, 0.15) is 0 Å². The van der Waals surface area contributed by atoms with Gasteiger partial charge in [0.05, 0.1) is 4.90 Å². The molecule has 1 unspecified atom stereocenters. The van der Waals surface area contributed by atoms with Crippen LogP contribution >= 0.6 is 0 Å². The normalized spacial score (nSPS) is 19.5. The van der Waals surface area contributed by atoms with E-state index < -0.39 is 10.0 Å². The summed E-state index contributed by atoms with van der Waals surface area (Å²) in [5, 5.41) is 0. The highest BCUT2D eigenvalue weighted by molar-refractivity contribution is 7.89. The average molecular weight is 351 g/mol. The highest BCUT2D eigenvalue weighted by atomic mass is 32.2. The fraction of sp³-hybridized carbons (Fsp3) is 0.588. The molecule has 0 aromatic heterocycles. The predicted molar refractivity (Wildman–Crippen MR) is 93.3 cm³/mol. The smallest absolute Gasteiger partial charge is 0.240 e. The van der Waals surface area contributed by atoms with Crippen LogP contribution in [0.1, 0.15) is 38.2 Å². The van der Waals surface area contributed by atoms with Crippen molar-refractivity contribution in [3.63, 3.8) is 0 Å². The molecule has 3 rings (SSSR count). The topological polar surface area (TPSA) is 92.5 Å². The van der Waals surface area contributed by atoms with Crippen molar-refractivity contribution in [2.75, 3.05) is 18.0 Å². The van der Waals surface area contributed by atoms with E-state index in [0.717, 1.165) is 37.7 Å². The van der Waals surface area contributed by atoms with Crippen LogP contribution in [0.15, 0.2) is 23.1 Å². The number of hydrogen-bond donors (Lipinski definition) is 2. The van der Waals surface area contributed by atoms with Crippen LogP contribution in [0.25, 0.3) is 0 Å². The summed E-state index contributed by atoms with van der Waals surface area (Å²) in [6.07, 6.45) is 5.07. The molecule has 1 fully saturated rings. The molecular formula is C17H25N3O3S. The maximum Gasteiger partial charge on any atom is 0.240 e. The second kappa shape index (κ2) is 6.82. The molecule has 1 aromatic carbocycles. The molecule has 0 radical (unpaired) electrons. The van der Waals surface area contributed by atoms with Crippen molar-refractivity contribution in [2.24, 2.45) is 11.7 Å². The lowest BCUT2D eigenvalue weighted by Gasteiger charge is -2.23. The molecule has 6 nitrogen and oxygen atoms in total. The van der Waals surface area contributed by atoms with E-state index >= 15 is 0 Å². The first-order valence-electron chi connectivity index (χ1n) is 8.56. The summed E-state index contributed by atoms with van der Waals surface area (Å²) in [4.78, 5) is 13.5. The minimum Gasteiger partial charge on any atom is -0.329 e. The molecule has 1 aromatic rings. The Bertz CT molecular complexity index is 727. The second-order valence-electron chi connectivity index (χ2n) is 6.72. The van der Waals surface area contributed by atoms with Crippen molar-refractivity contribution in [3.05, 3.63) is 23.8 Å². The van der Waals surface area contributed by atoms with Gasteiger partial charge in [-0.1, -0.05) is 18.9 Å². The molecule has 132 valence electrons. The zero-order chi connectivity index (χ0) is 17.3. The highest BCUT2D eigenvalue weighted by Crippen LogP contribution is 2.32. The van der Waals surface area contributed by atoms with Gasteiger partial charge in [-0.15, -0.1) is 0 Å². The van der Waals surface area contributed by atoms with E-state index in [4.69, 9.17) is 5.73 Å². The first kappa shape index (κ1) is 17.4. The van der Waals surface area contributed by atoms with Crippen LogP contribution in [0.3, 0.4) is 0 Å². The van der Waals surface area contributed by atoms with Crippen molar-refractivity contribution >= 4 is 21.6 Å². The Labute approximate surface area is 143 Å².